The van der Waals surface area contributed by atoms with Crippen LogP contribution in [0.1, 0.15) is 52.3 Å². The lowest BCUT2D eigenvalue weighted by Crippen LogP contribution is -2.16. The Morgan fingerprint density at radius 1 is 1.39 bits per heavy atom. The zero-order valence-corrected chi connectivity index (χ0v) is 11.8. The Balaban J connectivity index is 2.50. The van der Waals surface area contributed by atoms with Gasteiger partial charge in [-0.25, -0.2) is 0 Å². The first kappa shape index (κ1) is 14.9. The van der Waals surface area contributed by atoms with E-state index in [4.69, 9.17) is 4.74 Å². The summed E-state index contributed by atoms with van der Waals surface area (Å²) in [5.41, 5.74) is 0.833. The first-order valence-electron chi connectivity index (χ1n) is 6.74. The van der Waals surface area contributed by atoms with E-state index in [2.05, 4.69) is 18.9 Å². The van der Waals surface area contributed by atoms with Crippen molar-refractivity contribution in [1.29, 1.82) is 0 Å². The minimum atomic E-state index is 0.0819. The molecule has 0 N–H and O–H groups in total. The van der Waals surface area contributed by atoms with Crippen molar-refractivity contribution in [2.75, 3.05) is 6.61 Å². The topological polar surface area (TPSA) is 44.1 Å². The summed E-state index contributed by atoms with van der Waals surface area (Å²) in [7, 11) is 0. The van der Waals surface area contributed by atoms with Gasteiger partial charge >= 0.3 is 0 Å². The minimum absolute atomic E-state index is 0.0819. The number of carbonyl (C=O) groups is 1. The van der Waals surface area contributed by atoms with Gasteiger partial charge in [-0.15, -0.1) is 0 Å². The van der Waals surface area contributed by atoms with Gasteiger partial charge in [0, 0.05) is 6.20 Å². The lowest BCUT2D eigenvalue weighted by atomic mass is 10.2. The van der Waals surface area contributed by atoms with Crippen LogP contribution in [0, 0.1) is 0 Å². The maximum atomic E-state index is 11.7. The summed E-state index contributed by atoms with van der Waals surface area (Å²) < 4.78 is 7.25. The fourth-order valence-electron chi connectivity index (χ4n) is 1.85. The third-order valence-corrected chi connectivity index (χ3v) is 2.94. The summed E-state index contributed by atoms with van der Waals surface area (Å²) in [6.07, 6.45) is 4.53. The van der Waals surface area contributed by atoms with Crippen molar-refractivity contribution in [3.63, 3.8) is 0 Å². The van der Waals surface area contributed by atoms with Crippen molar-refractivity contribution < 1.29 is 9.53 Å². The number of nitrogens with zero attached hydrogens (tertiary/aromatic N) is 2. The van der Waals surface area contributed by atoms with Crippen LogP contribution in [0.25, 0.3) is 0 Å². The number of hydrogen-bond acceptors (Lipinski definition) is 3. The number of carbonyl (C=O) groups excluding carboxylic acids is 1. The second-order valence-corrected chi connectivity index (χ2v) is 4.83. The average molecular weight is 252 g/mol. The zero-order chi connectivity index (χ0) is 13.5. The molecule has 0 saturated heterocycles. The number of hydrogen-bond donors (Lipinski definition) is 0. The molecule has 0 aliphatic carbocycles. The largest absolute Gasteiger partial charge is 0.371 e. The van der Waals surface area contributed by atoms with E-state index < -0.39 is 0 Å². The Morgan fingerprint density at radius 3 is 2.61 bits per heavy atom. The van der Waals surface area contributed by atoms with Gasteiger partial charge in [-0.1, -0.05) is 13.8 Å². The molecule has 1 aromatic heterocycles. The van der Waals surface area contributed by atoms with E-state index in [0.29, 0.717) is 12.5 Å². The molecule has 4 nitrogen and oxygen atoms in total. The van der Waals surface area contributed by atoms with Crippen LogP contribution in [0.2, 0.25) is 0 Å². The van der Waals surface area contributed by atoms with Crippen LogP contribution in [0.5, 0.6) is 0 Å². The second-order valence-electron chi connectivity index (χ2n) is 4.83. The molecule has 0 spiro atoms. The summed E-state index contributed by atoms with van der Waals surface area (Å²) in [6.45, 7) is 8.33. The highest BCUT2D eigenvalue weighted by molar-refractivity contribution is 5.81. The summed E-state index contributed by atoms with van der Waals surface area (Å²) in [6, 6.07) is 2.35. The van der Waals surface area contributed by atoms with Gasteiger partial charge in [-0.3, -0.25) is 9.48 Å². The fourth-order valence-corrected chi connectivity index (χ4v) is 1.85. The van der Waals surface area contributed by atoms with E-state index in [1.165, 1.54) is 0 Å². The van der Waals surface area contributed by atoms with Crippen LogP contribution in [0.15, 0.2) is 12.3 Å². The maximum Gasteiger partial charge on any atom is 0.164 e. The van der Waals surface area contributed by atoms with Gasteiger partial charge in [-0.05, 0) is 32.8 Å². The maximum absolute atomic E-state index is 11.7. The van der Waals surface area contributed by atoms with Crippen molar-refractivity contribution in [3.05, 3.63) is 18.0 Å². The Kier molecular flexibility index (Phi) is 6.05. The van der Waals surface area contributed by atoms with E-state index in [9.17, 15) is 4.79 Å². The molecule has 0 radical (unpaired) electrons. The summed E-state index contributed by atoms with van der Waals surface area (Å²) in [5.74, 6) is 0.0819. The molecule has 0 aliphatic heterocycles. The summed E-state index contributed by atoms with van der Waals surface area (Å²) in [4.78, 5) is 11.7. The number of rotatable bonds is 8. The zero-order valence-electron chi connectivity index (χ0n) is 11.8. The van der Waals surface area contributed by atoms with Gasteiger partial charge in [0.25, 0.3) is 0 Å². The summed E-state index contributed by atoms with van der Waals surface area (Å²) >= 11 is 0. The predicted octanol–water partition coefficient (Wildman–Crippen LogP) is 2.78. The van der Waals surface area contributed by atoms with Crippen molar-refractivity contribution in [2.45, 2.75) is 59.1 Å². The standard InChI is InChI=1S/C14H24N2O2/c1-5-13(6-2)16-8-7-12(15-16)9-14(17)10-18-11(3)4/h7-8,11,13H,5-6,9-10H2,1-4H3. The number of ether oxygens (including phenoxy) is 1. The molecule has 0 atom stereocenters. The van der Waals surface area contributed by atoms with Crippen LogP contribution in [0.4, 0.5) is 0 Å². The first-order chi connectivity index (χ1) is 8.56. The van der Waals surface area contributed by atoms with Gasteiger partial charge < -0.3 is 4.74 Å². The van der Waals surface area contributed by atoms with Crippen LogP contribution < -0.4 is 0 Å². The average Bonchev–Trinajstić information content (AvgIpc) is 2.76. The predicted molar refractivity (Wildman–Crippen MR) is 71.6 cm³/mol. The molecular weight excluding hydrogens is 228 g/mol. The normalized spacial score (nSPS) is 11.4. The molecule has 0 aliphatic rings. The lowest BCUT2D eigenvalue weighted by molar-refractivity contribution is -0.124. The fraction of sp³-hybridized carbons (Fsp3) is 0.714. The summed E-state index contributed by atoms with van der Waals surface area (Å²) in [5, 5.41) is 4.46. The van der Waals surface area contributed by atoms with Crippen molar-refractivity contribution >= 4 is 5.78 Å². The molecule has 102 valence electrons. The molecule has 0 bridgehead atoms. The van der Waals surface area contributed by atoms with E-state index in [0.717, 1.165) is 18.5 Å². The molecule has 18 heavy (non-hydrogen) atoms. The monoisotopic (exact) mass is 252 g/mol. The van der Waals surface area contributed by atoms with Gasteiger partial charge in [0.2, 0.25) is 0 Å². The highest BCUT2D eigenvalue weighted by Crippen LogP contribution is 2.14. The Morgan fingerprint density at radius 2 is 2.06 bits per heavy atom. The minimum Gasteiger partial charge on any atom is -0.371 e. The number of aromatic nitrogens is 2. The molecule has 0 unspecified atom stereocenters. The smallest absolute Gasteiger partial charge is 0.164 e. The second kappa shape index (κ2) is 7.31. The molecule has 4 heteroatoms. The number of ketones is 1. The van der Waals surface area contributed by atoms with Crippen molar-refractivity contribution in [1.82, 2.24) is 9.78 Å². The van der Waals surface area contributed by atoms with E-state index >= 15 is 0 Å². The molecule has 1 aromatic rings. The van der Waals surface area contributed by atoms with Gasteiger partial charge in [0.15, 0.2) is 5.78 Å². The number of Topliss-reactive ketones (excluding diaryl/α,β-unsaturated/α-hetero) is 1. The molecule has 1 rings (SSSR count). The first-order valence-corrected chi connectivity index (χ1v) is 6.74. The quantitative estimate of drug-likeness (QED) is 0.714. The molecule has 0 fully saturated rings. The third-order valence-electron chi connectivity index (χ3n) is 2.94. The Hall–Kier alpha value is -1.16. The Bertz CT molecular complexity index is 368. The molecule has 1 heterocycles. The highest BCUT2D eigenvalue weighted by atomic mass is 16.5. The Labute approximate surface area is 109 Å². The van der Waals surface area contributed by atoms with Gasteiger partial charge in [0.1, 0.15) is 6.61 Å². The molecule has 0 amide bonds. The lowest BCUT2D eigenvalue weighted by Gasteiger charge is -2.12. The SMILES string of the molecule is CCC(CC)n1ccc(CC(=O)COC(C)C)n1. The highest BCUT2D eigenvalue weighted by Gasteiger charge is 2.11. The van der Waals surface area contributed by atoms with Gasteiger partial charge in [-0.2, -0.15) is 5.10 Å². The van der Waals surface area contributed by atoms with E-state index in [-0.39, 0.29) is 18.5 Å². The van der Waals surface area contributed by atoms with Crippen molar-refractivity contribution in [2.24, 2.45) is 0 Å². The van der Waals surface area contributed by atoms with E-state index in [1.54, 1.807) is 0 Å². The molecule has 0 aromatic carbocycles. The molecular formula is C14H24N2O2. The van der Waals surface area contributed by atoms with Crippen molar-refractivity contribution in [3.8, 4) is 0 Å². The van der Waals surface area contributed by atoms with Crippen LogP contribution in [-0.4, -0.2) is 28.3 Å². The van der Waals surface area contributed by atoms with Crippen LogP contribution in [0.3, 0.4) is 0 Å². The third kappa shape index (κ3) is 4.61. The van der Waals surface area contributed by atoms with Crippen LogP contribution >= 0.6 is 0 Å². The van der Waals surface area contributed by atoms with E-state index in [1.807, 2.05) is 30.8 Å². The molecule has 0 saturated carbocycles. The van der Waals surface area contributed by atoms with Crippen LogP contribution in [-0.2, 0) is 16.0 Å². The van der Waals surface area contributed by atoms with Gasteiger partial charge in [0.05, 0.1) is 24.3 Å².